The van der Waals surface area contributed by atoms with Crippen LogP contribution < -0.4 is 10.6 Å². The van der Waals surface area contributed by atoms with E-state index in [9.17, 15) is 9.18 Å². The molecule has 2 aromatic heterocycles. The summed E-state index contributed by atoms with van der Waals surface area (Å²) in [6, 6.07) is 12.1. The van der Waals surface area contributed by atoms with Gasteiger partial charge in [0, 0.05) is 12.2 Å². The minimum Gasteiger partial charge on any atom is -0.346 e. The Labute approximate surface area is 196 Å². The number of anilines is 2. The fourth-order valence-electron chi connectivity index (χ4n) is 2.65. The van der Waals surface area contributed by atoms with Crippen molar-refractivity contribution in [3.05, 3.63) is 75.0 Å². The molecular weight excluding hydrogens is 467 g/mol. The SMILES string of the molecule is Cc1ccc(Nc2nnc(SCc3nnc(C(=O)NCc4ccc(F)cc4)s3)s2)cc1C. The predicted octanol–water partition coefficient (Wildman–Crippen LogP) is 5.11. The minimum absolute atomic E-state index is 0.289. The number of benzene rings is 2. The Morgan fingerprint density at radius 3 is 2.59 bits per heavy atom. The van der Waals surface area contributed by atoms with Gasteiger partial charge in [0.05, 0.1) is 5.75 Å². The molecule has 0 aliphatic rings. The molecule has 0 spiro atoms. The number of hydrogen-bond donors (Lipinski definition) is 2. The molecule has 2 N–H and O–H groups in total. The number of nitrogens with one attached hydrogen (secondary N) is 2. The maximum atomic E-state index is 13.0. The van der Waals surface area contributed by atoms with Gasteiger partial charge >= 0.3 is 0 Å². The molecule has 164 valence electrons. The van der Waals surface area contributed by atoms with Gasteiger partial charge in [-0.1, -0.05) is 52.6 Å². The number of carbonyl (C=O) groups excluding carboxylic acids is 1. The smallest absolute Gasteiger partial charge is 0.282 e. The number of halogens is 1. The monoisotopic (exact) mass is 486 g/mol. The van der Waals surface area contributed by atoms with E-state index in [4.69, 9.17) is 0 Å². The second-order valence-corrected chi connectivity index (χ2v) is 10.2. The molecule has 0 saturated heterocycles. The van der Waals surface area contributed by atoms with Gasteiger partial charge in [-0.15, -0.1) is 20.4 Å². The molecule has 0 bridgehead atoms. The maximum Gasteiger partial charge on any atom is 0.282 e. The van der Waals surface area contributed by atoms with Crippen LogP contribution >= 0.6 is 34.4 Å². The van der Waals surface area contributed by atoms with Crippen LogP contribution in [-0.2, 0) is 12.3 Å². The number of rotatable bonds is 8. The second kappa shape index (κ2) is 10.2. The fraction of sp³-hybridized carbons (Fsp3) is 0.190. The summed E-state index contributed by atoms with van der Waals surface area (Å²) in [5.74, 6) is -0.0740. The number of nitrogens with zero attached hydrogens (tertiary/aromatic N) is 4. The number of amides is 1. The van der Waals surface area contributed by atoms with Gasteiger partial charge in [0.1, 0.15) is 10.8 Å². The van der Waals surface area contributed by atoms with Crippen LogP contribution in [0.25, 0.3) is 0 Å². The highest BCUT2D eigenvalue weighted by atomic mass is 32.2. The lowest BCUT2D eigenvalue weighted by atomic mass is 10.1. The molecule has 7 nitrogen and oxygen atoms in total. The van der Waals surface area contributed by atoms with Gasteiger partial charge in [0.2, 0.25) is 10.1 Å². The summed E-state index contributed by atoms with van der Waals surface area (Å²) in [4.78, 5) is 12.3. The van der Waals surface area contributed by atoms with Crippen molar-refractivity contribution in [1.82, 2.24) is 25.7 Å². The Morgan fingerprint density at radius 1 is 1.00 bits per heavy atom. The van der Waals surface area contributed by atoms with Gasteiger partial charge in [0.25, 0.3) is 5.91 Å². The Hall–Kier alpha value is -2.89. The van der Waals surface area contributed by atoms with Crippen molar-refractivity contribution in [3.8, 4) is 0 Å². The van der Waals surface area contributed by atoms with Crippen molar-refractivity contribution in [1.29, 1.82) is 0 Å². The van der Waals surface area contributed by atoms with E-state index in [0.29, 0.717) is 17.4 Å². The third-order valence-corrected chi connectivity index (χ3v) is 7.60. The third kappa shape index (κ3) is 5.87. The molecule has 4 rings (SSSR count). The van der Waals surface area contributed by atoms with Gasteiger partial charge in [0.15, 0.2) is 4.34 Å². The Morgan fingerprint density at radius 2 is 1.81 bits per heavy atom. The van der Waals surface area contributed by atoms with Crippen LogP contribution in [0.15, 0.2) is 46.8 Å². The largest absolute Gasteiger partial charge is 0.346 e. The van der Waals surface area contributed by atoms with Crippen molar-refractivity contribution in [2.75, 3.05) is 5.32 Å². The van der Waals surface area contributed by atoms with Crippen LogP contribution in [-0.4, -0.2) is 26.3 Å². The molecule has 2 heterocycles. The second-order valence-electron chi connectivity index (χ2n) is 6.90. The van der Waals surface area contributed by atoms with Crippen LogP contribution in [0.2, 0.25) is 0 Å². The summed E-state index contributed by atoms with van der Waals surface area (Å²) in [7, 11) is 0. The maximum absolute atomic E-state index is 13.0. The molecule has 32 heavy (non-hydrogen) atoms. The molecule has 0 aliphatic heterocycles. The quantitative estimate of drug-likeness (QED) is 0.334. The van der Waals surface area contributed by atoms with Gasteiger partial charge in [-0.2, -0.15) is 0 Å². The molecule has 0 fully saturated rings. The molecule has 0 radical (unpaired) electrons. The molecule has 0 unspecified atom stereocenters. The first-order valence-electron chi connectivity index (χ1n) is 9.62. The Kier molecular flexibility index (Phi) is 7.08. The third-order valence-electron chi connectivity index (χ3n) is 4.51. The van der Waals surface area contributed by atoms with E-state index < -0.39 is 0 Å². The van der Waals surface area contributed by atoms with Gasteiger partial charge in [-0.3, -0.25) is 4.79 Å². The topological polar surface area (TPSA) is 92.7 Å². The van der Waals surface area contributed by atoms with E-state index in [0.717, 1.165) is 20.6 Å². The minimum atomic E-state index is -0.310. The van der Waals surface area contributed by atoms with Crippen LogP contribution in [0.4, 0.5) is 15.2 Å². The normalized spacial score (nSPS) is 10.8. The molecule has 4 aromatic rings. The molecule has 11 heteroatoms. The molecule has 0 saturated carbocycles. The number of aromatic nitrogens is 4. The number of aryl methyl sites for hydroxylation is 2. The van der Waals surface area contributed by atoms with Crippen molar-refractivity contribution >= 4 is 51.2 Å². The summed E-state index contributed by atoms with van der Waals surface area (Å²) >= 11 is 4.19. The first-order chi connectivity index (χ1) is 15.5. The van der Waals surface area contributed by atoms with Crippen LogP contribution in [0.3, 0.4) is 0 Å². The number of carbonyl (C=O) groups is 1. The summed E-state index contributed by atoms with van der Waals surface area (Å²) in [5.41, 5.74) is 4.23. The number of thioether (sulfide) groups is 1. The average Bonchev–Trinajstić information content (AvgIpc) is 3.44. The van der Waals surface area contributed by atoms with E-state index in [1.54, 1.807) is 12.1 Å². The van der Waals surface area contributed by atoms with E-state index in [1.165, 1.54) is 57.7 Å². The molecule has 0 atom stereocenters. The predicted molar refractivity (Wildman–Crippen MR) is 126 cm³/mol. The van der Waals surface area contributed by atoms with E-state index in [-0.39, 0.29) is 16.7 Å². The zero-order chi connectivity index (χ0) is 22.5. The first kappa shape index (κ1) is 22.3. The standard InChI is InChI=1S/C21H19FN6OS3/c1-12-3-8-16(9-13(12)2)24-20-27-28-21(32-20)30-11-17-25-26-19(31-17)18(29)23-10-14-4-6-15(22)7-5-14/h3-9H,10-11H2,1-2H3,(H,23,29)(H,24,27). The highest BCUT2D eigenvalue weighted by Crippen LogP contribution is 2.31. The van der Waals surface area contributed by atoms with Crippen LogP contribution in [0, 0.1) is 19.7 Å². The lowest BCUT2D eigenvalue weighted by Crippen LogP contribution is -2.22. The van der Waals surface area contributed by atoms with Crippen LogP contribution in [0.1, 0.15) is 31.5 Å². The molecular formula is C21H19FN6OS3. The number of hydrogen-bond acceptors (Lipinski definition) is 9. The Bertz CT molecular complexity index is 1220. The zero-order valence-corrected chi connectivity index (χ0v) is 19.7. The highest BCUT2D eigenvalue weighted by Gasteiger charge is 2.14. The summed E-state index contributed by atoms with van der Waals surface area (Å²) < 4.78 is 13.8. The van der Waals surface area contributed by atoms with E-state index in [2.05, 4.69) is 57.0 Å². The summed E-state index contributed by atoms with van der Waals surface area (Å²) in [6.45, 7) is 4.44. The summed E-state index contributed by atoms with van der Waals surface area (Å²) in [6.07, 6.45) is 0. The average molecular weight is 487 g/mol. The lowest BCUT2D eigenvalue weighted by molar-refractivity contribution is 0.0950. The van der Waals surface area contributed by atoms with Crippen molar-refractivity contribution in [3.63, 3.8) is 0 Å². The van der Waals surface area contributed by atoms with E-state index in [1.807, 2.05) is 6.07 Å². The van der Waals surface area contributed by atoms with Crippen molar-refractivity contribution in [2.24, 2.45) is 0 Å². The fourth-order valence-corrected chi connectivity index (χ4v) is 5.16. The van der Waals surface area contributed by atoms with Crippen LogP contribution in [0.5, 0.6) is 0 Å². The van der Waals surface area contributed by atoms with Crippen molar-refractivity contribution in [2.45, 2.75) is 30.5 Å². The van der Waals surface area contributed by atoms with Crippen molar-refractivity contribution < 1.29 is 9.18 Å². The van der Waals surface area contributed by atoms with Gasteiger partial charge in [-0.05, 0) is 54.8 Å². The highest BCUT2D eigenvalue weighted by molar-refractivity contribution is 8.00. The molecule has 1 amide bonds. The lowest BCUT2D eigenvalue weighted by Gasteiger charge is -2.05. The van der Waals surface area contributed by atoms with Gasteiger partial charge < -0.3 is 10.6 Å². The molecule has 2 aromatic carbocycles. The molecule has 0 aliphatic carbocycles. The Balaban J connectivity index is 1.28. The van der Waals surface area contributed by atoms with E-state index >= 15 is 0 Å². The van der Waals surface area contributed by atoms with Gasteiger partial charge in [-0.25, -0.2) is 4.39 Å². The summed E-state index contributed by atoms with van der Waals surface area (Å²) in [5, 5.41) is 24.2. The first-order valence-corrected chi connectivity index (χ1v) is 12.2. The zero-order valence-electron chi connectivity index (χ0n) is 17.3.